The van der Waals surface area contributed by atoms with Crippen LogP contribution in [0.3, 0.4) is 0 Å². The van der Waals surface area contributed by atoms with Gasteiger partial charge in [-0.2, -0.15) is 0 Å². The minimum Gasteiger partial charge on any atom is -0.282 e. The predicted molar refractivity (Wildman–Crippen MR) is 242 cm³/mol. The maximum absolute atomic E-state index is 2.86. The summed E-state index contributed by atoms with van der Waals surface area (Å²) in [6.45, 7) is 26.8. The molecule has 8 atom stereocenters. The minimum atomic E-state index is -0.107. The first-order valence-corrected chi connectivity index (χ1v) is 20.8. The van der Waals surface area contributed by atoms with Crippen LogP contribution in [-0.4, -0.2) is 41.6 Å². The summed E-state index contributed by atoms with van der Waals surface area (Å²) >= 11 is 0. The van der Waals surface area contributed by atoms with Gasteiger partial charge >= 0.3 is 0 Å². The number of rotatable bonds is 10. The molecular formula is C53H65ClN2. The Balaban J connectivity index is 0.00000532. The monoisotopic (exact) mass is 764 g/mol. The fraction of sp³-hybridized carbons (Fsp3) is 0.396. The molecule has 8 unspecified atom stereocenters. The maximum Gasteiger partial charge on any atom is 0.0519 e. The summed E-state index contributed by atoms with van der Waals surface area (Å²) in [6, 6.07) is 37.3. The van der Waals surface area contributed by atoms with Crippen molar-refractivity contribution in [1.29, 1.82) is 0 Å². The number of nitrogens with zero attached hydrogens (tertiary/aromatic N) is 2. The predicted octanol–water partition coefficient (Wildman–Crippen LogP) is 13.2. The Morgan fingerprint density at radius 2 is 0.821 bits per heavy atom. The lowest BCUT2D eigenvalue weighted by atomic mass is 9.62. The summed E-state index contributed by atoms with van der Waals surface area (Å²) in [6.07, 6.45) is 14.7. The van der Waals surface area contributed by atoms with Gasteiger partial charge in [0.25, 0.3) is 0 Å². The second-order valence-electron chi connectivity index (χ2n) is 17.9. The van der Waals surface area contributed by atoms with Crippen LogP contribution < -0.4 is 0 Å². The molecule has 4 aromatic rings. The van der Waals surface area contributed by atoms with Crippen LogP contribution >= 0.6 is 12.4 Å². The third-order valence-corrected chi connectivity index (χ3v) is 14.1. The van der Waals surface area contributed by atoms with Crippen molar-refractivity contribution in [3.63, 3.8) is 0 Å². The molecule has 0 aromatic heterocycles. The van der Waals surface area contributed by atoms with Gasteiger partial charge in [0, 0.05) is 47.8 Å². The highest BCUT2D eigenvalue weighted by atomic mass is 35.5. The lowest BCUT2D eigenvalue weighted by Crippen LogP contribution is -2.53. The van der Waals surface area contributed by atoms with Gasteiger partial charge in [-0.25, -0.2) is 0 Å². The van der Waals surface area contributed by atoms with Crippen LogP contribution in [-0.2, 0) is 0 Å². The number of allylic oxidation sites excluding steroid dienone is 4. The van der Waals surface area contributed by atoms with Crippen LogP contribution in [0, 0.1) is 38.5 Å². The molecule has 1 heterocycles. The van der Waals surface area contributed by atoms with Gasteiger partial charge in [0.15, 0.2) is 0 Å². The molecule has 294 valence electrons. The summed E-state index contributed by atoms with van der Waals surface area (Å²) in [5, 5.41) is 0. The van der Waals surface area contributed by atoms with E-state index in [9.17, 15) is 0 Å². The average molecular weight is 766 g/mol. The zero-order valence-electron chi connectivity index (χ0n) is 35.6. The average Bonchev–Trinajstić information content (AvgIpc) is 3.65. The summed E-state index contributed by atoms with van der Waals surface area (Å²) in [4.78, 5) is 5.72. The molecule has 0 saturated carbocycles. The molecule has 3 aliphatic rings. The Labute approximate surface area is 345 Å². The highest BCUT2D eigenvalue weighted by Crippen LogP contribution is 2.53. The molecule has 0 N–H and O–H groups in total. The molecule has 2 nitrogen and oxygen atoms in total. The first-order chi connectivity index (χ1) is 26.3. The third kappa shape index (κ3) is 7.95. The van der Waals surface area contributed by atoms with E-state index >= 15 is 0 Å². The van der Waals surface area contributed by atoms with Gasteiger partial charge < -0.3 is 0 Å². The van der Waals surface area contributed by atoms with Crippen molar-refractivity contribution in [2.45, 2.75) is 105 Å². The summed E-state index contributed by atoms with van der Waals surface area (Å²) < 4.78 is 0. The number of hydrogen-bond donors (Lipinski definition) is 0. The molecule has 1 saturated heterocycles. The van der Waals surface area contributed by atoms with Crippen LogP contribution in [0.4, 0.5) is 0 Å². The van der Waals surface area contributed by atoms with Gasteiger partial charge in [0.2, 0.25) is 0 Å². The smallest absolute Gasteiger partial charge is 0.0519 e. The van der Waals surface area contributed by atoms with Crippen molar-refractivity contribution in [2.75, 3.05) is 19.8 Å². The Hall–Kier alpha value is -3.95. The molecule has 1 aliphatic heterocycles. The fourth-order valence-electron chi connectivity index (χ4n) is 10.5. The largest absolute Gasteiger partial charge is 0.282 e. The van der Waals surface area contributed by atoms with E-state index in [2.05, 4.69) is 213 Å². The molecule has 0 bridgehead atoms. The van der Waals surface area contributed by atoms with Gasteiger partial charge in [-0.15, -0.1) is 12.4 Å². The standard InChI is InChI=1S/C53H64N2.ClH/c1-36-17-11-21-44(31-36)40(5)48-25-15-27-52(9,42(7)46-23-13-19-38(3)33-46)50(48)54-29-30-55(35-54)51-49(41(6)45-22-12-18-37(2)32-45)26-16-28-53(51,10)43(8)47-24-14-20-39(4)34-47;/h11-28,31-34,40-43,50-51H,29-30,35H2,1-10H3;1H. The summed E-state index contributed by atoms with van der Waals surface area (Å²) in [5.74, 6) is 1.26. The van der Waals surface area contributed by atoms with E-state index in [0.29, 0.717) is 23.7 Å². The fourth-order valence-corrected chi connectivity index (χ4v) is 10.5. The van der Waals surface area contributed by atoms with E-state index in [1.807, 2.05) is 0 Å². The van der Waals surface area contributed by atoms with Crippen LogP contribution in [0.1, 0.15) is 110 Å². The normalized spacial score (nSPS) is 26.2. The number of benzene rings is 4. The van der Waals surface area contributed by atoms with E-state index in [0.717, 1.165) is 19.8 Å². The molecule has 0 amide bonds. The Morgan fingerprint density at radius 1 is 0.500 bits per heavy atom. The molecule has 2 aliphatic carbocycles. The Morgan fingerprint density at radius 3 is 1.16 bits per heavy atom. The molecule has 3 heteroatoms. The lowest BCUT2D eigenvalue weighted by molar-refractivity contribution is 0.0771. The topological polar surface area (TPSA) is 6.48 Å². The number of halogens is 1. The second-order valence-corrected chi connectivity index (χ2v) is 17.9. The zero-order valence-corrected chi connectivity index (χ0v) is 36.4. The lowest BCUT2D eigenvalue weighted by Gasteiger charge is -2.51. The first kappa shape index (κ1) is 41.7. The van der Waals surface area contributed by atoms with Crippen molar-refractivity contribution in [1.82, 2.24) is 9.80 Å². The number of aryl methyl sites for hydroxylation is 4. The van der Waals surface area contributed by atoms with Crippen molar-refractivity contribution in [3.8, 4) is 0 Å². The van der Waals surface area contributed by atoms with Crippen molar-refractivity contribution < 1.29 is 0 Å². The van der Waals surface area contributed by atoms with Crippen molar-refractivity contribution in [2.24, 2.45) is 10.8 Å². The molecular weight excluding hydrogens is 700 g/mol. The van der Waals surface area contributed by atoms with Crippen LogP contribution in [0.5, 0.6) is 0 Å². The highest BCUT2D eigenvalue weighted by molar-refractivity contribution is 5.85. The van der Waals surface area contributed by atoms with Crippen LogP contribution in [0.2, 0.25) is 0 Å². The number of hydrogen-bond acceptors (Lipinski definition) is 2. The van der Waals surface area contributed by atoms with Gasteiger partial charge in [-0.05, 0) is 72.9 Å². The Kier molecular flexibility index (Phi) is 12.6. The first-order valence-electron chi connectivity index (χ1n) is 20.8. The quantitative estimate of drug-likeness (QED) is 0.159. The summed E-state index contributed by atoms with van der Waals surface area (Å²) in [7, 11) is 0. The van der Waals surface area contributed by atoms with Crippen LogP contribution in [0.25, 0.3) is 0 Å². The summed E-state index contributed by atoms with van der Waals surface area (Å²) in [5.41, 5.74) is 13.8. The van der Waals surface area contributed by atoms with Gasteiger partial charge in [-0.1, -0.05) is 197 Å². The maximum atomic E-state index is 2.86. The van der Waals surface area contributed by atoms with Gasteiger partial charge in [-0.3, -0.25) is 9.80 Å². The van der Waals surface area contributed by atoms with E-state index in [4.69, 9.17) is 0 Å². The van der Waals surface area contributed by atoms with Gasteiger partial charge in [0.1, 0.15) is 0 Å². The van der Waals surface area contributed by atoms with E-state index < -0.39 is 0 Å². The minimum absolute atomic E-state index is 0. The molecule has 56 heavy (non-hydrogen) atoms. The zero-order chi connectivity index (χ0) is 39.1. The Bertz CT molecular complexity index is 1990. The van der Waals surface area contributed by atoms with E-state index in [-0.39, 0.29) is 35.3 Å². The van der Waals surface area contributed by atoms with E-state index in [1.54, 1.807) is 0 Å². The van der Waals surface area contributed by atoms with Crippen molar-refractivity contribution in [3.05, 3.63) is 189 Å². The molecule has 0 radical (unpaired) electrons. The van der Waals surface area contributed by atoms with Gasteiger partial charge in [0.05, 0.1) is 6.67 Å². The molecule has 1 fully saturated rings. The third-order valence-electron chi connectivity index (χ3n) is 14.1. The second kappa shape index (κ2) is 16.9. The van der Waals surface area contributed by atoms with Crippen molar-refractivity contribution >= 4 is 12.4 Å². The van der Waals surface area contributed by atoms with Crippen LogP contribution in [0.15, 0.2) is 145 Å². The molecule has 0 spiro atoms. The molecule has 4 aromatic carbocycles. The highest BCUT2D eigenvalue weighted by Gasteiger charge is 2.51. The van der Waals surface area contributed by atoms with E-state index in [1.165, 1.54) is 55.7 Å². The molecule has 7 rings (SSSR count). The SMILES string of the molecule is Cc1cccc(C(C)C2=CC=CC(C)(C(C)c3cccc(C)c3)C2N2CCN(C3C(C(C)c4cccc(C)c4)=CC=CC3(C)C(C)c3cccc(C)c3)C2)c1.Cl.